The van der Waals surface area contributed by atoms with E-state index < -0.39 is 0 Å². The molecule has 3 rings (SSSR count). The minimum atomic E-state index is -0.0125. The number of rotatable bonds is 5. The van der Waals surface area contributed by atoms with E-state index in [9.17, 15) is 4.79 Å². The van der Waals surface area contributed by atoms with E-state index in [0.29, 0.717) is 6.54 Å². The molecule has 0 fully saturated rings. The zero-order valence-electron chi connectivity index (χ0n) is 11.2. The van der Waals surface area contributed by atoms with Crippen LogP contribution in [0.25, 0.3) is 10.2 Å². The van der Waals surface area contributed by atoms with Crippen LogP contribution in [0.15, 0.2) is 36.2 Å². The van der Waals surface area contributed by atoms with Gasteiger partial charge in [-0.2, -0.15) is 0 Å². The Labute approximate surface area is 120 Å². The van der Waals surface area contributed by atoms with Crippen molar-refractivity contribution in [1.82, 2.24) is 19.4 Å². The Kier molecular flexibility index (Phi) is 3.56. The molecule has 0 saturated heterocycles. The van der Waals surface area contributed by atoms with Crippen LogP contribution in [0.2, 0.25) is 0 Å². The monoisotopic (exact) mass is 288 g/mol. The molecule has 104 valence electrons. The van der Waals surface area contributed by atoms with E-state index >= 15 is 0 Å². The lowest BCUT2D eigenvalue weighted by Gasteiger charge is -2.06. The highest BCUT2D eigenvalue weighted by Crippen LogP contribution is 2.23. The standard InChI is InChI=1S/C14H16N4OS/c1-17-11-3-8-20-13(11)9-12(17)14(19)16-4-2-6-18-7-5-15-10-18/h3,5,7-10H,2,4,6H2,1H3,(H,16,19). The Morgan fingerprint density at radius 3 is 3.15 bits per heavy atom. The molecule has 3 heterocycles. The molecule has 0 aliphatic heterocycles. The van der Waals surface area contributed by atoms with Crippen LogP contribution in [0.3, 0.4) is 0 Å². The average molecular weight is 288 g/mol. The Balaban J connectivity index is 1.56. The molecule has 6 heteroatoms. The van der Waals surface area contributed by atoms with Crippen LogP contribution in [-0.2, 0) is 13.6 Å². The highest BCUT2D eigenvalue weighted by atomic mass is 32.1. The third-order valence-corrected chi connectivity index (χ3v) is 4.19. The van der Waals surface area contributed by atoms with Crippen molar-refractivity contribution >= 4 is 27.5 Å². The van der Waals surface area contributed by atoms with Crippen molar-refractivity contribution in [3.8, 4) is 0 Å². The number of imidazole rings is 1. The predicted molar refractivity (Wildman–Crippen MR) is 80.0 cm³/mol. The number of thiophene rings is 1. The molecule has 0 aliphatic rings. The average Bonchev–Trinajstić information content (AvgIpc) is 3.14. The van der Waals surface area contributed by atoms with Gasteiger partial charge in [-0.25, -0.2) is 4.98 Å². The fourth-order valence-electron chi connectivity index (χ4n) is 2.24. The maximum Gasteiger partial charge on any atom is 0.267 e. The quantitative estimate of drug-likeness (QED) is 0.732. The van der Waals surface area contributed by atoms with Crippen molar-refractivity contribution in [2.75, 3.05) is 6.54 Å². The molecule has 0 atom stereocenters. The van der Waals surface area contributed by atoms with Gasteiger partial charge in [-0.15, -0.1) is 11.3 Å². The van der Waals surface area contributed by atoms with E-state index in [-0.39, 0.29) is 5.91 Å². The van der Waals surface area contributed by atoms with Crippen LogP contribution in [0.1, 0.15) is 16.9 Å². The molecule has 0 saturated carbocycles. The fourth-order valence-corrected chi connectivity index (χ4v) is 3.09. The third-order valence-electron chi connectivity index (χ3n) is 3.33. The highest BCUT2D eigenvalue weighted by Gasteiger charge is 2.13. The Hall–Kier alpha value is -2.08. The maximum absolute atomic E-state index is 12.1. The van der Waals surface area contributed by atoms with Gasteiger partial charge in [-0.3, -0.25) is 4.79 Å². The molecule has 1 N–H and O–H groups in total. The summed E-state index contributed by atoms with van der Waals surface area (Å²) in [6.07, 6.45) is 6.36. The van der Waals surface area contributed by atoms with Crippen molar-refractivity contribution in [2.45, 2.75) is 13.0 Å². The Bertz CT molecular complexity index is 711. The number of amides is 1. The van der Waals surface area contributed by atoms with E-state index in [1.54, 1.807) is 23.9 Å². The second-order valence-electron chi connectivity index (χ2n) is 4.67. The fraction of sp³-hybridized carbons (Fsp3) is 0.286. The van der Waals surface area contributed by atoms with Crippen LogP contribution < -0.4 is 5.32 Å². The van der Waals surface area contributed by atoms with Crippen LogP contribution in [0, 0.1) is 0 Å². The molecule has 20 heavy (non-hydrogen) atoms. The van der Waals surface area contributed by atoms with E-state index in [0.717, 1.165) is 28.9 Å². The molecule has 0 unspecified atom stereocenters. The zero-order chi connectivity index (χ0) is 13.9. The first-order chi connectivity index (χ1) is 9.75. The second-order valence-corrected chi connectivity index (χ2v) is 5.62. The van der Waals surface area contributed by atoms with Gasteiger partial charge in [-0.1, -0.05) is 0 Å². The summed E-state index contributed by atoms with van der Waals surface area (Å²) in [5.74, 6) is -0.0125. The van der Waals surface area contributed by atoms with Gasteiger partial charge in [0.25, 0.3) is 5.91 Å². The van der Waals surface area contributed by atoms with Crippen LogP contribution in [-0.4, -0.2) is 26.6 Å². The lowest BCUT2D eigenvalue weighted by molar-refractivity contribution is 0.0945. The lowest BCUT2D eigenvalue weighted by atomic mass is 10.3. The number of aryl methyl sites for hydroxylation is 2. The summed E-state index contributed by atoms with van der Waals surface area (Å²) < 4.78 is 5.10. The van der Waals surface area contributed by atoms with Crippen LogP contribution >= 0.6 is 11.3 Å². The summed E-state index contributed by atoms with van der Waals surface area (Å²) in [5.41, 5.74) is 1.83. The molecule has 0 aromatic carbocycles. The minimum absolute atomic E-state index is 0.0125. The van der Waals surface area contributed by atoms with Crippen molar-refractivity contribution in [1.29, 1.82) is 0 Å². The van der Waals surface area contributed by atoms with E-state index in [1.165, 1.54) is 0 Å². The topological polar surface area (TPSA) is 51.9 Å². The van der Waals surface area contributed by atoms with Crippen LogP contribution in [0.5, 0.6) is 0 Å². The lowest BCUT2D eigenvalue weighted by Crippen LogP contribution is -2.26. The smallest absolute Gasteiger partial charge is 0.267 e. The summed E-state index contributed by atoms with van der Waals surface area (Å²) >= 11 is 1.66. The minimum Gasteiger partial charge on any atom is -0.351 e. The van der Waals surface area contributed by atoms with Gasteiger partial charge in [0.15, 0.2) is 0 Å². The van der Waals surface area contributed by atoms with Crippen molar-refractivity contribution < 1.29 is 4.79 Å². The Morgan fingerprint density at radius 2 is 2.40 bits per heavy atom. The summed E-state index contributed by atoms with van der Waals surface area (Å²) in [6.45, 7) is 1.53. The predicted octanol–water partition coefficient (Wildman–Crippen LogP) is 2.26. The molecule has 0 spiro atoms. The first-order valence-corrected chi connectivity index (χ1v) is 7.40. The van der Waals surface area contributed by atoms with Crippen LogP contribution in [0.4, 0.5) is 0 Å². The maximum atomic E-state index is 12.1. The van der Waals surface area contributed by atoms with E-state index in [4.69, 9.17) is 0 Å². The largest absolute Gasteiger partial charge is 0.351 e. The second kappa shape index (κ2) is 5.50. The van der Waals surface area contributed by atoms with Gasteiger partial charge in [-0.05, 0) is 23.9 Å². The summed E-state index contributed by atoms with van der Waals surface area (Å²) in [4.78, 5) is 16.1. The molecular weight excluding hydrogens is 272 g/mol. The third kappa shape index (κ3) is 2.46. The van der Waals surface area contributed by atoms with Crippen molar-refractivity contribution in [2.24, 2.45) is 7.05 Å². The molecule has 0 aliphatic carbocycles. The zero-order valence-corrected chi connectivity index (χ0v) is 12.1. The number of nitrogens with one attached hydrogen (secondary N) is 1. The van der Waals surface area contributed by atoms with Gasteiger partial charge in [0.05, 0.1) is 16.5 Å². The van der Waals surface area contributed by atoms with E-state index in [1.807, 2.05) is 39.9 Å². The number of carbonyl (C=O) groups excluding carboxylic acids is 1. The van der Waals surface area contributed by atoms with Gasteiger partial charge >= 0.3 is 0 Å². The van der Waals surface area contributed by atoms with E-state index in [2.05, 4.69) is 10.3 Å². The first kappa shape index (κ1) is 12.9. The molecule has 3 aromatic rings. The number of hydrogen-bond donors (Lipinski definition) is 1. The molecule has 5 nitrogen and oxygen atoms in total. The number of aromatic nitrogens is 3. The van der Waals surface area contributed by atoms with Gasteiger partial charge in [0.2, 0.25) is 0 Å². The molecule has 1 amide bonds. The molecule has 3 aromatic heterocycles. The Morgan fingerprint density at radius 1 is 1.50 bits per heavy atom. The van der Waals surface area contributed by atoms with Crippen molar-refractivity contribution in [3.63, 3.8) is 0 Å². The number of nitrogens with zero attached hydrogens (tertiary/aromatic N) is 3. The number of carbonyl (C=O) groups is 1. The molecular formula is C14H16N4OS. The summed E-state index contributed by atoms with van der Waals surface area (Å²) in [5, 5.41) is 5.00. The SMILES string of the molecule is Cn1c(C(=O)NCCCn2ccnc2)cc2sccc21. The number of hydrogen-bond acceptors (Lipinski definition) is 3. The normalized spacial score (nSPS) is 11.1. The summed E-state index contributed by atoms with van der Waals surface area (Å²) in [7, 11) is 1.93. The van der Waals surface area contributed by atoms with Gasteiger partial charge in [0.1, 0.15) is 5.69 Å². The van der Waals surface area contributed by atoms with Crippen molar-refractivity contribution in [3.05, 3.63) is 41.9 Å². The highest BCUT2D eigenvalue weighted by molar-refractivity contribution is 7.17. The summed E-state index contributed by atoms with van der Waals surface area (Å²) in [6, 6.07) is 3.99. The van der Waals surface area contributed by atoms with Gasteiger partial charge < -0.3 is 14.5 Å². The first-order valence-electron chi connectivity index (χ1n) is 6.52. The van der Waals surface area contributed by atoms with Gasteiger partial charge in [0, 0.05) is 32.5 Å². The number of fused-ring (bicyclic) bond motifs is 1. The molecule has 0 bridgehead atoms. The molecule has 0 radical (unpaired) electrons.